The molecule has 1 aromatic rings. The summed E-state index contributed by atoms with van der Waals surface area (Å²) in [5.41, 5.74) is 6.13. The maximum absolute atomic E-state index is 12.7. The minimum absolute atomic E-state index is 0.117. The van der Waals surface area contributed by atoms with Crippen LogP contribution in [0.2, 0.25) is 0 Å². The number of rotatable bonds is 14. The van der Waals surface area contributed by atoms with Gasteiger partial charge in [-0.1, -0.05) is 0 Å². The van der Waals surface area contributed by atoms with Crippen LogP contribution in [0.15, 0.2) is 24.3 Å². The first kappa shape index (κ1) is 42.4. The number of carboxylic acids is 1. The van der Waals surface area contributed by atoms with E-state index in [-0.39, 0.29) is 5.75 Å². The van der Waals surface area contributed by atoms with E-state index in [2.05, 4.69) is 10.6 Å². The van der Waals surface area contributed by atoms with Crippen molar-refractivity contribution in [2.75, 3.05) is 25.6 Å². The Kier molecular flexibility index (Phi) is 14.3. The van der Waals surface area contributed by atoms with E-state index in [4.69, 9.17) is 34.2 Å². The van der Waals surface area contributed by atoms with Crippen molar-refractivity contribution in [3.05, 3.63) is 24.3 Å². The van der Waals surface area contributed by atoms with Gasteiger partial charge >= 0.3 is 5.97 Å². The van der Waals surface area contributed by atoms with Gasteiger partial charge in [-0.15, -0.1) is 0 Å². The molecule has 4 rings (SSSR count). The van der Waals surface area contributed by atoms with E-state index in [0.717, 1.165) is 13.8 Å². The van der Waals surface area contributed by atoms with Gasteiger partial charge in [0.25, 0.3) is 5.79 Å². The molecular weight excluding hydrogens is 718 g/mol. The molecule has 2 amide bonds. The van der Waals surface area contributed by atoms with Gasteiger partial charge in [0, 0.05) is 26.0 Å². The lowest BCUT2D eigenvalue weighted by atomic mass is 9.88. The summed E-state index contributed by atoms with van der Waals surface area (Å²) in [6, 6.07) is 2.85. The number of hydrogen-bond acceptors (Lipinski definition) is 19. The van der Waals surface area contributed by atoms with E-state index in [9.17, 15) is 65.4 Å². The molecule has 1 aromatic carbocycles. The monoisotopic (exact) mass is 765 g/mol. The molecule has 0 spiro atoms. The Balaban J connectivity index is 1.69. The van der Waals surface area contributed by atoms with Gasteiger partial charge in [0.05, 0.1) is 32.0 Å². The summed E-state index contributed by atoms with van der Waals surface area (Å²) in [6.45, 7) is -0.600. The highest BCUT2D eigenvalue weighted by atomic mass is 16.8. The second kappa shape index (κ2) is 17.9. The van der Waals surface area contributed by atoms with Crippen molar-refractivity contribution in [1.82, 2.24) is 10.6 Å². The molecule has 0 bridgehead atoms. The van der Waals surface area contributed by atoms with Crippen LogP contribution in [0.4, 0.5) is 5.69 Å². The third-order valence-electron chi connectivity index (χ3n) is 8.98. The van der Waals surface area contributed by atoms with Crippen LogP contribution in [0.1, 0.15) is 20.3 Å². The summed E-state index contributed by atoms with van der Waals surface area (Å²) in [5, 5.41) is 109. The van der Waals surface area contributed by atoms with E-state index in [1.54, 1.807) is 0 Å². The van der Waals surface area contributed by atoms with Gasteiger partial charge in [0.15, 0.2) is 6.29 Å². The molecule has 53 heavy (non-hydrogen) atoms. The van der Waals surface area contributed by atoms with Crippen LogP contribution < -0.4 is 21.1 Å². The van der Waals surface area contributed by atoms with E-state index < -0.39 is 142 Å². The lowest BCUT2D eigenvalue weighted by Gasteiger charge is -2.49. The molecule has 3 saturated heterocycles. The number of aliphatic carboxylic acids is 1. The predicted octanol–water partition coefficient (Wildman–Crippen LogP) is -6.41. The minimum Gasteiger partial charge on any atom is -0.477 e. The lowest BCUT2D eigenvalue weighted by Crippen LogP contribution is -2.70. The molecule has 3 aliphatic rings. The SMILES string of the molecule is CC(=O)N[C@H]1[C@@H](Oc2ccc(N)cc2)O[C@H](CO[C@]2(C(=O)O)C[C@H](O)[C@@H](NC(C)=O)[C@H]([C@H](O)[C@H](O)CO)O2)[C@H](O)[C@@H]1O[C@@H]1O[C@H](CO)[C@H](O)[C@H](O)[C@H]1O. The number of carboxylic acid groups (broad SMARTS) is 1. The minimum atomic E-state index is -2.85. The van der Waals surface area contributed by atoms with Crippen LogP contribution in [0.25, 0.3) is 0 Å². The van der Waals surface area contributed by atoms with Gasteiger partial charge in [0.1, 0.15) is 72.8 Å². The first-order chi connectivity index (χ1) is 24.9. The van der Waals surface area contributed by atoms with Crippen LogP contribution in [-0.2, 0) is 38.1 Å². The molecule has 14 N–H and O–H groups in total. The van der Waals surface area contributed by atoms with Crippen molar-refractivity contribution in [2.24, 2.45) is 0 Å². The van der Waals surface area contributed by atoms with E-state index >= 15 is 0 Å². The Morgan fingerprint density at radius 1 is 0.887 bits per heavy atom. The van der Waals surface area contributed by atoms with Crippen molar-refractivity contribution in [2.45, 2.75) is 118 Å². The number of nitrogen functional groups attached to an aromatic ring is 1. The third-order valence-corrected chi connectivity index (χ3v) is 8.98. The Morgan fingerprint density at radius 2 is 1.49 bits per heavy atom. The highest BCUT2D eigenvalue weighted by Crippen LogP contribution is 2.36. The number of carbonyl (C=O) groups is 3. The quantitative estimate of drug-likeness (QED) is 0.0783. The summed E-state index contributed by atoms with van der Waals surface area (Å²) in [5.74, 6) is -6.01. The van der Waals surface area contributed by atoms with Crippen molar-refractivity contribution in [3.63, 3.8) is 0 Å². The van der Waals surface area contributed by atoms with Crippen molar-refractivity contribution >= 4 is 23.5 Å². The molecule has 0 aliphatic carbocycles. The predicted molar refractivity (Wildman–Crippen MR) is 171 cm³/mol. The number of nitrogens with two attached hydrogens (primary N) is 1. The van der Waals surface area contributed by atoms with Gasteiger partial charge < -0.3 is 95.9 Å². The van der Waals surface area contributed by atoms with Gasteiger partial charge in [-0.3, -0.25) is 9.59 Å². The van der Waals surface area contributed by atoms with Crippen molar-refractivity contribution in [1.29, 1.82) is 0 Å². The number of benzene rings is 1. The number of amides is 2. The zero-order valence-corrected chi connectivity index (χ0v) is 28.5. The standard InChI is InChI=1S/C31H47N3O19/c1-11(37)33-19-15(39)7-31(30(46)47,53-27(19)21(41)16(40)8-35)48-10-18-23(43)26(52-29-25(45)24(44)22(42)17(9-36)50-29)20(34-12(2)38)28(51-18)49-14-5-3-13(32)4-6-14/h3-6,15-29,35-36,39-45H,7-10,32H2,1-2H3,(H,33,37)(H,34,38)(H,46,47)/t15-,16+,17+,18+,19+,20+,21+,22-,23-,24-,25+,26+,27+,28-,29-,31+/m0/s1. The molecule has 22 nitrogen and oxygen atoms in total. The second-order valence-corrected chi connectivity index (χ2v) is 12.9. The molecule has 0 aromatic heterocycles. The number of ether oxygens (including phenoxy) is 6. The first-order valence-electron chi connectivity index (χ1n) is 16.5. The lowest BCUT2D eigenvalue weighted by molar-refractivity contribution is -0.349. The summed E-state index contributed by atoms with van der Waals surface area (Å²) < 4.78 is 34.6. The first-order valence-corrected chi connectivity index (χ1v) is 16.5. The fourth-order valence-corrected chi connectivity index (χ4v) is 6.21. The average Bonchev–Trinajstić information content (AvgIpc) is 3.11. The molecule has 0 unspecified atom stereocenters. The largest absolute Gasteiger partial charge is 0.477 e. The van der Waals surface area contributed by atoms with E-state index in [1.807, 2.05) is 0 Å². The van der Waals surface area contributed by atoms with Crippen LogP contribution in [-0.4, -0.2) is 186 Å². The molecule has 0 saturated carbocycles. The molecule has 3 heterocycles. The Labute approximate surface area is 301 Å². The number of aliphatic hydroxyl groups is 9. The Bertz CT molecular complexity index is 1390. The van der Waals surface area contributed by atoms with Crippen LogP contribution in [0.3, 0.4) is 0 Å². The highest BCUT2D eigenvalue weighted by Gasteiger charge is 2.58. The van der Waals surface area contributed by atoms with Gasteiger partial charge in [0.2, 0.25) is 18.1 Å². The molecule has 16 atom stereocenters. The molecule has 3 fully saturated rings. The second-order valence-electron chi connectivity index (χ2n) is 12.9. The van der Waals surface area contributed by atoms with Gasteiger partial charge in [-0.2, -0.15) is 0 Å². The molecule has 300 valence electrons. The van der Waals surface area contributed by atoms with Crippen LogP contribution in [0, 0.1) is 0 Å². The number of nitrogens with one attached hydrogen (secondary N) is 2. The van der Waals surface area contributed by atoms with E-state index in [1.165, 1.54) is 24.3 Å². The van der Waals surface area contributed by atoms with Crippen LogP contribution >= 0.6 is 0 Å². The summed E-state index contributed by atoms with van der Waals surface area (Å²) in [7, 11) is 0. The maximum atomic E-state index is 12.7. The van der Waals surface area contributed by atoms with Crippen molar-refractivity contribution in [3.8, 4) is 5.75 Å². The maximum Gasteiger partial charge on any atom is 0.364 e. The third kappa shape index (κ3) is 9.68. The fraction of sp³-hybridized carbons (Fsp3) is 0.710. The zero-order chi connectivity index (χ0) is 39.4. The molecule has 3 aliphatic heterocycles. The fourth-order valence-electron chi connectivity index (χ4n) is 6.21. The normalized spacial score (nSPS) is 38.7. The van der Waals surface area contributed by atoms with Crippen LogP contribution in [0.5, 0.6) is 5.75 Å². The summed E-state index contributed by atoms with van der Waals surface area (Å²) in [6.07, 6.45) is -24.4. The molecular formula is C31H47N3O19. The average molecular weight is 766 g/mol. The molecule has 0 radical (unpaired) electrons. The number of anilines is 1. The number of hydrogen-bond donors (Lipinski definition) is 13. The zero-order valence-electron chi connectivity index (χ0n) is 28.5. The van der Waals surface area contributed by atoms with E-state index in [0.29, 0.717) is 5.69 Å². The smallest absolute Gasteiger partial charge is 0.364 e. The number of carbonyl (C=O) groups excluding carboxylic acids is 2. The highest BCUT2D eigenvalue weighted by molar-refractivity contribution is 5.76. The van der Waals surface area contributed by atoms with Crippen molar-refractivity contribution < 1.29 is 93.9 Å². The summed E-state index contributed by atoms with van der Waals surface area (Å²) in [4.78, 5) is 37.0. The summed E-state index contributed by atoms with van der Waals surface area (Å²) >= 11 is 0. The number of aliphatic hydroxyl groups excluding tert-OH is 9. The Hall–Kier alpha value is -3.33. The topological polar surface area (TPSA) is 359 Å². The Morgan fingerprint density at radius 3 is 2.06 bits per heavy atom. The van der Waals surface area contributed by atoms with Gasteiger partial charge in [-0.25, -0.2) is 4.79 Å². The van der Waals surface area contributed by atoms with Gasteiger partial charge in [-0.05, 0) is 24.3 Å². The molecule has 22 heteroatoms.